The molecule has 0 amide bonds. The lowest BCUT2D eigenvalue weighted by Gasteiger charge is -2.26. The minimum Gasteiger partial charge on any atom is -0.396 e. The summed E-state index contributed by atoms with van der Waals surface area (Å²) >= 11 is 1.60. The maximum atomic E-state index is 9.10. The van der Waals surface area contributed by atoms with E-state index in [2.05, 4.69) is 26.8 Å². The van der Waals surface area contributed by atoms with Gasteiger partial charge in [-0.05, 0) is 33.3 Å². The Labute approximate surface area is 116 Å². The maximum absolute atomic E-state index is 9.10. The molecule has 0 bridgehead atoms. The molecule has 5 N–H and O–H groups in total. The number of thiophene rings is 1. The number of nitrogen functional groups attached to an aromatic ring is 1. The van der Waals surface area contributed by atoms with Crippen LogP contribution in [0.15, 0.2) is 6.07 Å². The first-order valence-corrected chi connectivity index (χ1v) is 6.90. The van der Waals surface area contributed by atoms with Gasteiger partial charge < -0.3 is 10.4 Å². The van der Waals surface area contributed by atoms with Crippen LogP contribution >= 0.6 is 11.3 Å². The number of hydrazine groups is 1. The van der Waals surface area contributed by atoms with Gasteiger partial charge in [-0.15, -0.1) is 11.3 Å². The Kier molecular flexibility index (Phi) is 3.88. The van der Waals surface area contributed by atoms with E-state index in [1.165, 1.54) is 4.88 Å². The van der Waals surface area contributed by atoms with Crippen molar-refractivity contribution in [1.29, 1.82) is 0 Å². The Hall–Kier alpha value is -1.44. The number of fused-ring (bicyclic) bond motifs is 1. The highest BCUT2D eigenvalue weighted by Gasteiger charge is 2.20. The number of hydrogen-bond acceptors (Lipinski definition) is 7. The first-order valence-electron chi connectivity index (χ1n) is 6.09. The summed E-state index contributed by atoms with van der Waals surface area (Å²) in [7, 11) is 0. The summed E-state index contributed by atoms with van der Waals surface area (Å²) in [6.07, 6.45) is 0.632. The summed E-state index contributed by atoms with van der Waals surface area (Å²) < 4.78 is 0. The summed E-state index contributed by atoms with van der Waals surface area (Å²) in [5.74, 6) is 6.52. The predicted octanol–water partition coefficient (Wildman–Crippen LogP) is 1.86. The molecule has 0 radical (unpaired) electrons. The number of nitrogens with zero attached hydrogens (tertiary/aromatic N) is 2. The van der Waals surface area contributed by atoms with Crippen LogP contribution in [0.3, 0.4) is 0 Å². The molecule has 2 aromatic rings. The standard InChI is InChI=1S/C12H19N5OS/c1-7-6-8-9(16-12(2,3)4-5-18)14-11(17-13)15-10(8)19-7/h6,18H,4-5,13H2,1-3H3,(H2,14,15,16,17). The molecule has 0 aliphatic carbocycles. The molecule has 0 saturated heterocycles. The summed E-state index contributed by atoms with van der Waals surface area (Å²) in [5.41, 5.74) is 2.23. The molecule has 0 aliphatic rings. The molecule has 0 atom stereocenters. The summed E-state index contributed by atoms with van der Waals surface area (Å²) in [6, 6.07) is 2.05. The Morgan fingerprint density at radius 3 is 2.79 bits per heavy atom. The van der Waals surface area contributed by atoms with Gasteiger partial charge in [0.15, 0.2) is 0 Å². The van der Waals surface area contributed by atoms with Crippen molar-refractivity contribution in [3.8, 4) is 0 Å². The van der Waals surface area contributed by atoms with E-state index >= 15 is 0 Å². The second-order valence-electron chi connectivity index (χ2n) is 5.10. The van der Waals surface area contributed by atoms with Crippen molar-refractivity contribution in [1.82, 2.24) is 9.97 Å². The molecular weight excluding hydrogens is 262 g/mol. The van der Waals surface area contributed by atoms with E-state index in [4.69, 9.17) is 10.9 Å². The Morgan fingerprint density at radius 2 is 2.16 bits per heavy atom. The quantitative estimate of drug-likeness (QED) is 0.493. The molecular formula is C12H19N5OS. The number of hydrogen-bond donors (Lipinski definition) is 4. The van der Waals surface area contributed by atoms with Gasteiger partial charge in [-0.2, -0.15) is 4.98 Å². The molecule has 2 heterocycles. The molecule has 0 unspecified atom stereocenters. The summed E-state index contributed by atoms with van der Waals surface area (Å²) in [6.45, 7) is 6.20. The zero-order chi connectivity index (χ0) is 14.0. The lowest BCUT2D eigenvalue weighted by Crippen LogP contribution is -2.32. The van der Waals surface area contributed by atoms with Crippen LogP contribution in [-0.4, -0.2) is 27.2 Å². The highest BCUT2D eigenvalue weighted by molar-refractivity contribution is 7.18. The maximum Gasteiger partial charge on any atom is 0.240 e. The van der Waals surface area contributed by atoms with Gasteiger partial charge in [-0.25, -0.2) is 10.8 Å². The lowest BCUT2D eigenvalue weighted by atomic mass is 10.0. The Balaban J connectivity index is 2.45. The number of nitrogens with two attached hydrogens (primary N) is 1. The van der Waals surface area contributed by atoms with Crippen molar-refractivity contribution >= 4 is 33.3 Å². The van der Waals surface area contributed by atoms with Crippen molar-refractivity contribution in [2.45, 2.75) is 32.7 Å². The van der Waals surface area contributed by atoms with Gasteiger partial charge in [0, 0.05) is 17.0 Å². The fourth-order valence-electron chi connectivity index (χ4n) is 1.86. The van der Waals surface area contributed by atoms with E-state index in [0.29, 0.717) is 12.4 Å². The average Bonchev–Trinajstić information content (AvgIpc) is 2.69. The first-order chi connectivity index (χ1) is 8.95. The number of aliphatic hydroxyl groups is 1. The van der Waals surface area contributed by atoms with Crippen LogP contribution in [0.2, 0.25) is 0 Å². The number of anilines is 2. The largest absolute Gasteiger partial charge is 0.396 e. The van der Waals surface area contributed by atoms with Gasteiger partial charge in [0.1, 0.15) is 10.6 Å². The van der Waals surface area contributed by atoms with Crippen molar-refractivity contribution < 1.29 is 5.11 Å². The average molecular weight is 281 g/mol. The van der Waals surface area contributed by atoms with Gasteiger partial charge >= 0.3 is 0 Å². The topological polar surface area (TPSA) is 96.1 Å². The van der Waals surface area contributed by atoms with Crippen LogP contribution in [-0.2, 0) is 0 Å². The normalized spacial score (nSPS) is 11.8. The van der Waals surface area contributed by atoms with E-state index in [1.807, 2.05) is 20.8 Å². The van der Waals surface area contributed by atoms with Crippen molar-refractivity contribution in [2.75, 3.05) is 17.3 Å². The van der Waals surface area contributed by atoms with Crippen LogP contribution in [0.5, 0.6) is 0 Å². The van der Waals surface area contributed by atoms with Crippen molar-refractivity contribution in [2.24, 2.45) is 5.84 Å². The van der Waals surface area contributed by atoms with Crippen LogP contribution in [0.1, 0.15) is 25.1 Å². The van der Waals surface area contributed by atoms with E-state index in [1.54, 1.807) is 11.3 Å². The van der Waals surface area contributed by atoms with Crippen molar-refractivity contribution in [3.63, 3.8) is 0 Å². The highest BCUT2D eigenvalue weighted by atomic mass is 32.1. The zero-order valence-corrected chi connectivity index (χ0v) is 12.1. The first kappa shape index (κ1) is 14.0. The van der Waals surface area contributed by atoms with Crippen LogP contribution in [0.4, 0.5) is 11.8 Å². The lowest BCUT2D eigenvalue weighted by molar-refractivity contribution is 0.260. The third-order valence-electron chi connectivity index (χ3n) is 2.84. The van der Waals surface area contributed by atoms with Gasteiger partial charge in [0.2, 0.25) is 5.95 Å². The van der Waals surface area contributed by atoms with Gasteiger partial charge in [0.25, 0.3) is 0 Å². The number of nitrogens with one attached hydrogen (secondary N) is 2. The van der Waals surface area contributed by atoms with Gasteiger partial charge in [-0.3, -0.25) is 5.43 Å². The number of aryl methyl sites for hydroxylation is 1. The predicted molar refractivity (Wildman–Crippen MR) is 79.4 cm³/mol. The summed E-state index contributed by atoms with van der Waals surface area (Å²) in [5, 5.41) is 13.4. The van der Waals surface area contributed by atoms with Crippen LogP contribution < -0.4 is 16.6 Å². The third-order valence-corrected chi connectivity index (χ3v) is 3.78. The second-order valence-corrected chi connectivity index (χ2v) is 6.33. The van der Waals surface area contributed by atoms with Gasteiger partial charge in [0.05, 0.1) is 5.39 Å². The van der Waals surface area contributed by atoms with E-state index in [0.717, 1.165) is 16.0 Å². The number of aromatic nitrogens is 2. The number of rotatable bonds is 5. The van der Waals surface area contributed by atoms with E-state index in [-0.39, 0.29) is 12.1 Å². The Bertz CT molecular complexity index is 581. The van der Waals surface area contributed by atoms with Crippen LogP contribution in [0.25, 0.3) is 10.2 Å². The molecule has 0 saturated carbocycles. The molecule has 2 rings (SSSR count). The second kappa shape index (κ2) is 5.28. The summed E-state index contributed by atoms with van der Waals surface area (Å²) in [4.78, 5) is 10.8. The Morgan fingerprint density at radius 1 is 1.42 bits per heavy atom. The number of aliphatic hydroxyl groups excluding tert-OH is 1. The molecule has 104 valence electrons. The molecule has 0 spiro atoms. The fraction of sp³-hybridized carbons (Fsp3) is 0.500. The molecule has 0 fully saturated rings. The zero-order valence-electron chi connectivity index (χ0n) is 11.3. The highest BCUT2D eigenvalue weighted by Crippen LogP contribution is 2.31. The minimum absolute atomic E-state index is 0.124. The van der Waals surface area contributed by atoms with E-state index < -0.39 is 0 Å². The molecule has 6 nitrogen and oxygen atoms in total. The molecule has 19 heavy (non-hydrogen) atoms. The molecule has 2 aromatic heterocycles. The molecule has 0 aromatic carbocycles. The monoisotopic (exact) mass is 281 g/mol. The fourth-order valence-corrected chi connectivity index (χ4v) is 2.74. The van der Waals surface area contributed by atoms with Gasteiger partial charge in [-0.1, -0.05) is 0 Å². The molecule has 0 aliphatic heterocycles. The smallest absolute Gasteiger partial charge is 0.240 e. The minimum atomic E-state index is -0.252. The SMILES string of the molecule is Cc1cc2c(NC(C)(C)CCO)nc(NN)nc2s1. The third kappa shape index (κ3) is 3.12. The van der Waals surface area contributed by atoms with Crippen molar-refractivity contribution in [3.05, 3.63) is 10.9 Å². The van der Waals surface area contributed by atoms with E-state index in [9.17, 15) is 0 Å². The van der Waals surface area contributed by atoms with Crippen LogP contribution in [0, 0.1) is 6.92 Å². The molecule has 7 heteroatoms.